The van der Waals surface area contributed by atoms with Gasteiger partial charge in [-0.1, -0.05) is 24.3 Å². The average Bonchev–Trinajstić information content (AvgIpc) is 3.49. The number of piperidine rings is 1. The fourth-order valence-electron chi connectivity index (χ4n) is 4.11. The first kappa shape index (κ1) is 20.4. The van der Waals surface area contributed by atoms with Crippen molar-refractivity contribution in [3.05, 3.63) is 71.6 Å². The van der Waals surface area contributed by atoms with Crippen molar-refractivity contribution in [2.45, 2.75) is 18.8 Å². The number of anilines is 2. The highest BCUT2D eigenvalue weighted by Gasteiger charge is 2.24. The minimum atomic E-state index is 0.0462. The van der Waals surface area contributed by atoms with E-state index in [1.54, 1.807) is 34.5 Å². The largest absolute Gasteiger partial charge is 0.339 e. The summed E-state index contributed by atoms with van der Waals surface area (Å²) in [5, 5.41) is 12.5. The van der Waals surface area contributed by atoms with Gasteiger partial charge >= 0.3 is 0 Å². The number of aromatic nitrogens is 4. The number of carbonyl (C=O) groups excluding carboxylic acids is 1. The minimum absolute atomic E-state index is 0.0462. The second kappa shape index (κ2) is 8.92. The van der Waals surface area contributed by atoms with Crippen molar-refractivity contribution in [2.75, 3.05) is 18.4 Å². The van der Waals surface area contributed by atoms with Gasteiger partial charge in [-0.2, -0.15) is 5.10 Å². The fourth-order valence-corrected chi connectivity index (χ4v) is 4.63. The third kappa shape index (κ3) is 4.40. The summed E-state index contributed by atoms with van der Waals surface area (Å²) in [6.07, 6.45) is 10.7. The fraction of sp³-hybridized carbons (Fsp3) is 0.250. The molecular formula is C24H24N6OS. The van der Waals surface area contributed by atoms with Crippen LogP contribution in [0.4, 0.5) is 10.9 Å². The van der Waals surface area contributed by atoms with Gasteiger partial charge in [0.05, 0.1) is 6.20 Å². The van der Waals surface area contributed by atoms with Crippen LogP contribution in [-0.4, -0.2) is 43.6 Å². The van der Waals surface area contributed by atoms with Crippen LogP contribution in [-0.2, 0) is 11.8 Å². The average molecular weight is 445 g/mol. The standard InChI is InChI=1S/C24H24N6OS/c1-29-16-17(15-26-29)6-7-22(31)30-11-8-18(9-12-30)21-14-19-4-2-3-5-20(19)23(27-21)28-24-25-10-13-32-24/h2-7,10,13-16,18H,8-9,11-12H2,1H3,(H,25,27,28)/b7-6+. The summed E-state index contributed by atoms with van der Waals surface area (Å²) in [6, 6.07) is 10.5. The van der Waals surface area contributed by atoms with Gasteiger partial charge in [0.25, 0.3) is 0 Å². The number of likely N-dealkylation sites (tertiary alicyclic amines) is 1. The van der Waals surface area contributed by atoms with Crippen LogP contribution in [0.1, 0.15) is 30.0 Å². The quantitative estimate of drug-likeness (QED) is 0.456. The summed E-state index contributed by atoms with van der Waals surface area (Å²) in [4.78, 5) is 23.8. The molecule has 1 fully saturated rings. The van der Waals surface area contributed by atoms with Crippen molar-refractivity contribution in [3.8, 4) is 0 Å². The summed E-state index contributed by atoms with van der Waals surface area (Å²) < 4.78 is 1.73. The van der Waals surface area contributed by atoms with E-state index in [0.717, 1.165) is 58.9 Å². The molecule has 0 atom stereocenters. The maximum atomic E-state index is 12.6. The van der Waals surface area contributed by atoms with Crippen LogP contribution < -0.4 is 5.32 Å². The molecule has 162 valence electrons. The molecule has 1 aliphatic rings. The van der Waals surface area contributed by atoms with Crippen LogP contribution in [0.2, 0.25) is 0 Å². The lowest BCUT2D eigenvalue weighted by Gasteiger charge is -2.31. The number of nitrogens with one attached hydrogen (secondary N) is 1. The number of rotatable bonds is 5. The first-order valence-electron chi connectivity index (χ1n) is 10.7. The van der Waals surface area contributed by atoms with Crippen molar-refractivity contribution in [1.29, 1.82) is 0 Å². The highest BCUT2D eigenvalue weighted by atomic mass is 32.1. The predicted molar refractivity (Wildman–Crippen MR) is 128 cm³/mol. The number of amides is 1. The van der Waals surface area contributed by atoms with Crippen LogP contribution in [0.5, 0.6) is 0 Å². The zero-order valence-electron chi connectivity index (χ0n) is 17.8. The number of pyridine rings is 1. The van der Waals surface area contributed by atoms with E-state index < -0.39 is 0 Å². The topological polar surface area (TPSA) is 75.9 Å². The Hall–Kier alpha value is -3.52. The monoisotopic (exact) mass is 444 g/mol. The Kier molecular flexibility index (Phi) is 5.68. The van der Waals surface area contributed by atoms with Gasteiger partial charge in [0.1, 0.15) is 5.82 Å². The summed E-state index contributed by atoms with van der Waals surface area (Å²) >= 11 is 1.56. The number of aryl methyl sites for hydroxylation is 1. The molecule has 3 aromatic heterocycles. The summed E-state index contributed by atoms with van der Waals surface area (Å²) in [7, 11) is 1.86. The van der Waals surface area contributed by atoms with E-state index in [1.165, 1.54) is 0 Å². The molecule has 1 N–H and O–H groups in total. The van der Waals surface area contributed by atoms with E-state index in [-0.39, 0.29) is 5.91 Å². The molecule has 0 saturated carbocycles. The molecule has 4 aromatic rings. The molecule has 1 aromatic carbocycles. The molecule has 0 unspecified atom stereocenters. The van der Waals surface area contributed by atoms with Gasteiger partial charge in [0.15, 0.2) is 5.13 Å². The highest BCUT2D eigenvalue weighted by Crippen LogP contribution is 2.33. The van der Waals surface area contributed by atoms with Crippen molar-refractivity contribution in [3.63, 3.8) is 0 Å². The summed E-state index contributed by atoms with van der Waals surface area (Å²) in [5.74, 6) is 1.21. The summed E-state index contributed by atoms with van der Waals surface area (Å²) in [5.41, 5.74) is 2.00. The Balaban J connectivity index is 1.30. The number of carbonyl (C=O) groups is 1. The van der Waals surface area contributed by atoms with Crippen LogP contribution in [0.15, 0.2) is 60.4 Å². The second-order valence-corrected chi connectivity index (χ2v) is 8.85. The molecule has 0 aliphatic carbocycles. The maximum Gasteiger partial charge on any atom is 0.246 e. The van der Waals surface area contributed by atoms with Gasteiger partial charge in [0.2, 0.25) is 5.91 Å². The first-order chi connectivity index (χ1) is 15.7. The molecule has 7 nitrogen and oxygen atoms in total. The van der Waals surface area contributed by atoms with Crippen molar-refractivity contribution in [1.82, 2.24) is 24.6 Å². The molecule has 32 heavy (non-hydrogen) atoms. The van der Waals surface area contributed by atoms with Gasteiger partial charge in [-0.15, -0.1) is 11.3 Å². The lowest BCUT2D eigenvalue weighted by Crippen LogP contribution is -2.37. The van der Waals surface area contributed by atoms with Crippen molar-refractivity contribution in [2.24, 2.45) is 7.05 Å². The maximum absolute atomic E-state index is 12.6. The van der Waals surface area contributed by atoms with Crippen LogP contribution in [0.3, 0.4) is 0 Å². The smallest absolute Gasteiger partial charge is 0.246 e. The number of thiazole rings is 1. The molecule has 1 saturated heterocycles. The molecule has 0 spiro atoms. The molecule has 1 amide bonds. The Morgan fingerprint density at radius 1 is 1.25 bits per heavy atom. The highest BCUT2D eigenvalue weighted by molar-refractivity contribution is 7.13. The van der Waals surface area contributed by atoms with Crippen LogP contribution in [0, 0.1) is 0 Å². The lowest BCUT2D eigenvalue weighted by atomic mass is 9.92. The third-order valence-electron chi connectivity index (χ3n) is 5.79. The van der Waals surface area contributed by atoms with Gasteiger partial charge in [-0.25, -0.2) is 9.97 Å². The van der Waals surface area contributed by atoms with E-state index in [4.69, 9.17) is 4.98 Å². The SMILES string of the molecule is Cn1cc(/C=C/C(=O)N2CCC(c3cc4ccccc4c(Nc4nccs4)n3)CC2)cn1. The molecule has 1 aliphatic heterocycles. The number of hydrogen-bond donors (Lipinski definition) is 1. The van der Waals surface area contributed by atoms with Gasteiger partial charge in [-0.05, 0) is 30.4 Å². The molecule has 5 rings (SSSR count). The zero-order valence-corrected chi connectivity index (χ0v) is 18.6. The van der Waals surface area contributed by atoms with E-state index in [9.17, 15) is 4.79 Å². The molecular weight excluding hydrogens is 420 g/mol. The zero-order chi connectivity index (χ0) is 21.9. The minimum Gasteiger partial charge on any atom is -0.339 e. The van der Waals surface area contributed by atoms with E-state index in [0.29, 0.717) is 5.92 Å². The number of fused-ring (bicyclic) bond motifs is 1. The molecule has 0 radical (unpaired) electrons. The van der Waals surface area contributed by atoms with Gasteiger partial charge < -0.3 is 10.2 Å². The van der Waals surface area contributed by atoms with Crippen LogP contribution in [0.25, 0.3) is 16.8 Å². The van der Waals surface area contributed by atoms with Crippen molar-refractivity contribution >= 4 is 45.0 Å². The Morgan fingerprint density at radius 3 is 2.84 bits per heavy atom. The third-order valence-corrected chi connectivity index (χ3v) is 6.47. The van der Waals surface area contributed by atoms with E-state index >= 15 is 0 Å². The molecule has 8 heteroatoms. The predicted octanol–water partition coefficient (Wildman–Crippen LogP) is 4.59. The van der Waals surface area contributed by atoms with Gasteiger partial charge in [0, 0.05) is 66.5 Å². The lowest BCUT2D eigenvalue weighted by molar-refractivity contribution is -0.126. The summed E-state index contributed by atoms with van der Waals surface area (Å²) in [6.45, 7) is 1.45. The molecule has 4 heterocycles. The van der Waals surface area contributed by atoms with Gasteiger partial charge in [-0.3, -0.25) is 9.48 Å². The number of hydrogen-bond acceptors (Lipinski definition) is 6. The normalized spacial score (nSPS) is 15.0. The van der Waals surface area contributed by atoms with E-state index in [1.807, 2.05) is 35.7 Å². The Morgan fingerprint density at radius 2 is 2.09 bits per heavy atom. The Bertz CT molecular complexity index is 1250. The first-order valence-corrected chi connectivity index (χ1v) is 11.6. The second-order valence-electron chi connectivity index (χ2n) is 7.96. The molecule has 0 bridgehead atoms. The number of benzene rings is 1. The van der Waals surface area contributed by atoms with Crippen molar-refractivity contribution < 1.29 is 4.79 Å². The van der Waals surface area contributed by atoms with E-state index in [2.05, 4.69) is 39.7 Å². The number of nitrogens with zero attached hydrogens (tertiary/aromatic N) is 5. The Labute approximate surface area is 190 Å². The van der Waals surface area contributed by atoms with Crippen LogP contribution >= 0.6 is 11.3 Å².